The number of carbonyl (C=O) groups is 1. The van der Waals surface area contributed by atoms with Gasteiger partial charge in [0.2, 0.25) is 15.9 Å². The van der Waals surface area contributed by atoms with Gasteiger partial charge in [0.05, 0.1) is 22.7 Å². The zero-order valence-electron chi connectivity index (χ0n) is 24.5. The monoisotopic (exact) mass is 585 g/mol. The lowest BCUT2D eigenvalue weighted by atomic mass is 9.93. The molecular weight excluding hydrogens is 538 g/mol. The van der Waals surface area contributed by atoms with Crippen molar-refractivity contribution in [1.29, 1.82) is 0 Å². The molecular formula is C31H47N5O4S. The molecule has 2 saturated heterocycles. The number of nitrogens with two attached hydrogens (primary N) is 1. The second-order valence-corrected chi connectivity index (χ2v) is 14.0. The molecule has 5 rings (SSSR count). The number of benzene rings is 1. The third-order valence-electron chi connectivity index (χ3n) is 9.00. The molecule has 2 aliphatic carbocycles. The van der Waals surface area contributed by atoms with Crippen molar-refractivity contribution in [3.05, 3.63) is 58.6 Å². The Morgan fingerprint density at radius 2 is 1.76 bits per heavy atom. The van der Waals surface area contributed by atoms with Crippen LogP contribution in [0.1, 0.15) is 64.4 Å². The number of aryl methyl sites for hydroxylation is 1. The minimum absolute atomic E-state index is 0.0130. The van der Waals surface area contributed by atoms with Crippen molar-refractivity contribution in [2.75, 3.05) is 26.2 Å². The van der Waals surface area contributed by atoms with Gasteiger partial charge in [-0.05, 0) is 36.8 Å². The lowest BCUT2D eigenvalue weighted by molar-refractivity contribution is -0.121. The molecule has 4 atom stereocenters. The molecule has 9 nitrogen and oxygen atoms in total. The second kappa shape index (κ2) is 13.4. The normalized spacial score (nSPS) is 26.8. The van der Waals surface area contributed by atoms with E-state index < -0.39 is 28.3 Å². The fourth-order valence-electron chi connectivity index (χ4n) is 6.51. The molecule has 0 bridgehead atoms. The van der Waals surface area contributed by atoms with Gasteiger partial charge in [-0.25, -0.2) is 13.1 Å². The van der Waals surface area contributed by atoms with Crippen molar-refractivity contribution in [3.63, 3.8) is 0 Å². The number of epoxide rings is 1. The Hall–Kier alpha value is -2.24. The molecule has 0 aromatic heterocycles. The summed E-state index contributed by atoms with van der Waals surface area (Å²) >= 11 is 0. The molecule has 2 heterocycles. The van der Waals surface area contributed by atoms with E-state index in [-0.39, 0.29) is 24.3 Å². The average molecular weight is 586 g/mol. The summed E-state index contributed by atoms with van der Waals surface area (Å²) in [4.78, 5) is 18.0. The fourth-order valence-corrected chi connectivity index (χ4v) is 8.29. The average Bonchev–Trinajstić information content (AvgIpc) is 3.71. The van der Waals surface area contributed by atoms with E-state index in [0.717, 1.165) is 37.4 Å². The topological polar surface area (TPSA) is 120 Å². The highest BCUT2D eigenvalue weighted by Crippen LogP contribution is 2.32. The zero-order chi connectivity index (χ0) is 29.0. The molecule has 2 aliphatic heterocycles. The van der Waals surface area contributed by atoms with E-state index in [9.17, 15) is 13.2 Å². The van der Waals surface area contributed by atoms with Crippen LogP contribution in [0.3, 0.4) is 0 Å². The first-order valence-corrected chi connectivity index (χ1v) is 16.9. The molecule has 226 valence electrons. The van der Waals surface area contributed by atoms with Crippen LogP contribution in [0.25, 0.3) is 0 Å². The summed E-state index contributed by atoms with van der Waals surface area (Å²) < 4.78 is 36.4. The van der Waals surface area contributed by atoms with Crippen molar-refractivity contribution >= 4 is 15.9 Å². The number of amides is 1. The maximum Gasteiger partial charge on any atom is 0.239 e. The third-order valence-corrected chi connectivity index (χ3v) is 10.6. The number of hydrogen-bond acceptors (Lipinski definition) is 7. The Bertz CT molecular complexity index is 1200. The number of sulfonamides is 1. The van der Waals surface area contributed by atoms with Crippen molar-refractivity contribution in [3.8, 4) is 0 Å². The van der Waals surface area contributed by atoms with Crippen molar-refractivity contribution in [2.24, 2.45) is 11.7 Å². The summed E-state index contributed by atoms with van der Waals surface area (Å²) in [6, 6.07) is 9.74. The van der Waals surface area contributed by atoms with Gasteiger partial charge in [-0.2, -0.15) is 0 Å². The molecule has 0 radical (unpaired) electrons. The highest BCUT2D eigenvalue weighted by atomic mass is 32.2. The number of ether oxygens (including phenoxy) is 1. The first-order chi connectivity index (χ1) is 19.7. The van der Waals surface area contributed by atoms with E-state index in [1.807, 2.05) is 56.3 Å². The van der Waals surface area contributed by atoms with E-state index in [1.165, 1.54) is 32.1 Å². The zero-order valence-corrected chi connectivity index (χ0v) is 25.3. The van der Waals surface area contributed by atoms with Gasteiger partial charge in [-0.15, -0.1) is 0 Å². The highest BCUT2D eigenvalue weighted by Gasteiger charge is 2.46. The summed E-state index contributed by atoms with van der Waals surface area (Å²) in [5, 5.41) is 3.06. The smallest absolute Gasteiger partial charge is 0.239 e. The lowest BCUT2D eigenvalue weighted by Gasteiger charge is -2.43. The number of nitrogens with zero attached hydrogens (tertiary/aromatic N) is 2. The summed E-state index contributed by atoms with van der Waals surface area (Å²) in [6.45, 7) is 7.38. The molecule has 41 heavy (non-hydrogen) atoms. The number of rotatable bonds is 11. The second-order valence-electron chi connectivity index (χ2n) is 12.3. The van der Waals surface area contributed by atoms with Crippen LogP contribution in [-0.2, 0) is 26.0 Å². The van der Waals surface area contributed by atoms with E-state index in [0.29, 0.717) is 23.8 Å². The molecule has 4 unspecified atom stereocenters. The first-order valence-electron chi connectivity index (χ1n) is 15.4. The maximum atomic E-state index is 14.0. The van der Waals surface area contributed by atoms with E-state index >= 15 is 0 Å². The van der Waals surface area contributed by atoms with Gasteiger partial charge in [-0.3, -0.25) is 9.69 Å². The first kappa shape index (κ1) is 30.2. The lowest BCUT2D eigenvalue weighted by Crippen LogP contribution is -2.51. The number of carbonyl (C=O) groups excluding carboxylic acids is 1. The number of nitrogens with one attached hydrogen (secondary N) is 2. The molecule has 4 N–H and O–H groups in total. The predicted octanol–water partition coefficient (Wildman–Crippen LogP) is 2.85. The van der Waals surface area contributed by atoms with Gasteiger partial charge >= 0.3 is 0 Å². The molecule has 4 aliphatic rings. The Morgan fingerprint density at radius 1 is 1.07 bits per heavy atom. The molecule has 1 amide bonds. The summed E-state index contributed by atoms with van der Waals surface area (Å²) in [5.41, 5.74) is 7.76. The summed E-state index contributed by atoms with van der Waals surface area (Å²) in [7, 11) is -3.88. The summed E-state index contributed by atoms with van der Waals surface area (Å²) in [6.07, 6.45) is 10.7. The molecule has 1 saturated carbocycles. The van der Waals surface area contributed by atoms with E-state index in [2.05, 4.69) is 19.8 Å². The van der Waals surface area contributed by atoms with Gasteiger partial charge in [0, 0.05) is 45.1 Å². The van der Waals surface area contributed by atoms with Crippen LogP contribution in [0.4, 0.5) is 0 Å². The van der Waals surface area contributed by atoms with Crippen LogP contribution in [0.2, 0.25) is 0 Å². The predicted molar refractivity (Wildman–Crippen MR) is 161 cm³/mol. The maximum absolute atomic E-state index is 14.0. The SMILES string of the molecule is CC(C)C(NS(=O)(=O)C1=C(N2CCN(C3CCCCC3)CC2)C=CC(NC(=O)CCc2ccccc2)C1)C1OC1N. The minimum Gasteiger partial charge on any atom is -0.368 e. The fraction of sp³-hybridized carbons (Fsp3) is 0.645. The molecule has 0 spiro atoms. The Kier molecular flexibility index (Phi) is 9.86. The van der Waals surface area contributed by atoms with Crippen molar-refractivity contribution in [2.45, 2.75) is 95.7 Å². The molecule has 1 aromatic carbocycles. The standard InChI is InChI=1S/C31H47N5O4S/c1-22(2)29(30-31(32)40-30)34-41(38,39)27-21-24(33-28(37)16-13-23-9-5-3-6-10-23)14-15-26(27)36-19-17-35(18-20-36)25-11-7-4-8-12-25/h3,5-6,9-10,14-15,22,24-25,29-31,34H,4,7-8,11-13,16-21,32H2,1-2H3,(H,33,37). The molecule has 10 heteroatoms. The van der Waals surface area contributed by atoms with Crippen LogP contribution < -0.4 is 15.8 Å². The van der Waals surface area contributed by atoms with Gasteiger partial charge in [0.15, 0.2) is 0 Å². The van der Waals surface area contributed by atoms with E-state index in [1.54, 1.807) is 0 Å². The largest absolute Gasteiger partial charge is 0.368 e. The van der Waals surface area contributed by atoms with Crippen LogP contribution in [0.5, 0.6) is 0 Å². The Labute approximate surface area is 245 Å². The number of piperazine rings is 1. The summed E-state index contributed by atoms with van der Waals surface area (Å²) in [5.74, 6) is -0.0748. The Morgan fingerprint density at radius 3 is 2.39 bits per heavy atom. The number of hydrogen-bond donors (Lipinski definition) is 3. The van der Waals surface area contributed by atoms with Crippen molar-refractivity contribution < 1.29 is 17.9 Å². The van der Waals surface area contributed by atoms with E-state index in [4.69, 9.17) is 10.5 Å². The quantitative estimate of drug-likeness (QED) is 0.342. The van der Waals surface area contributed by atoms with Crippen LogP contribution in [-0.4, -0.2) is 80.8 Å². The van der Waals surface area contributed by atoms with Crippen molar-refractivity contribution in [1.82, 2.24) is 19.8 Å². The van der Waals surface area contributed by atoms with Gasteiger partial charge in [-0.1, -0.05) is 69.5 Å². The minimum atomic E-state index is -3.88. The third kappa shape index (κ3) is 7.78. The number of allylic oxidation sites excluding steroid dienone is 1. The van der Waals surface area contributed by atoms with Crippen LogP contribution >= 0.6 is 0 Å². The van der Waals surface area contributed by atoms with Gasteiger partial charge in [0.1, 0.15) is 12.3 Å². The van der Waals surface area contributed by atoms with Gasteiger partial charge < -0.3 is 20.7 Å². The molecule has 1 aromatic rings. The molecule has 3 fully saturated rings. The highest BCUT2D eigenvalue weighted by molar-refractivity contribution is 7.93. The van der Waals surface area contributed by atoms with Gasteiger partial charge in [0.25, 0.3) is 0 Å². The van der Waals surface area contributed by atoms with Crippen LogP contribution in [0.15, 0.2) is 53.1 Å². The Balaban J connectivity index is 1.30. The van der Waals surface area contributed by atoms with Crippen LogP contribution in [0, 0.1) is 5.92 Å².